The first-order chi connectivity index (χ1) is 18.2. The van der Waals surface area contributed by atoms with E-state index in [1.165, 1.54) is 0 Å². The molecule has 0 fully saturated rings. The minimum atomic E-state index is -3.15. The SMILES string of the molecule is O=P(c1ccccc1)(c1ccccc1)C1C=CO[C@H](COCc2ccccc2)[C@H]1OCc1ccccc1. The fourth-order valence-corrected chi connectivity index (χ4v) is 7.95. The zero-order valence-electron chi connectivity index (χ0n) is 20.6. The Morgan fingerprint density at radius 2 is 1.14 bits per heavy atom. The van der Waals surface area contributed by atoms with Gasteiger partial charge in [-0.15, -0.1) is 0 Å². The molecule has 4 aromatic rings. The number of hydrogen-bond acceptors (Lipinski definition) is 4. The molecule has 5 heteroatoms. The minimum absolute atomic E-state index is 0.318. The zero-order chi connectivity index (χ0) is 25.3. The highest BCUT2D eigenvalue weighted by Crippen LogP contribution is 2.52. The Hall–Kier alpha value is -3.43. The molecule has 0 amide bonds. The maximum atomic E-state index is 15.2. The molecule has 3 atom stereocenters. The molecule has 1 aliphatic rings. The van der Waals surface area contributed by atoms with Crippen molar-refractivity contribution >= 4 is 17.8 Å². The van der Waals surface area contributed by atoms with E-state index in [9.17, 15) is 0 Å². The topological polar surface area (TPSA) is 44.8 Å². The second-order valence-corrected chi connectivity index (χ2v) is 12.0. The maximum absolute atomic E-state index is 15.2. The molecule has 5 rings (SSSR count). The molecule has 0 spiro atoms. The third-order valence-electron chi connectivity index (χ3n) is 6.61. The van der Waals surface area contributed by atoms with Gasteiger partial charge in [-0.25, -0.2) is 0 Å². The van der Waals surface area contributed by atoms with Crippen LogP contribution in [-0.4, -0.2) is 24.5 Å². The Labute approximate surface area is 218 Å². The molecule has 0 aliphatic carbocycles. The first kappa shape index (κ1) is 25.2. The van der Waals surface area contributed by atoms with Gasteiger partial charge in [-0.05, 0) is 17.2 Å². The molecule has 1 aliphatic heterocycles. The lowest BCUT2D eigenvalue weighted by atomic mass is 10.1. The van der Waals surface area contributed by atoms with Crippen LogP contribution in [0.15, 0.2) is 134 Å². The Kier molecular flexibility index (Phi) is 8.32. The Morgan fingerprint density at radius 3 is 1.68 bits per heavy atom. The summed E-state index contributed by atoms with van der Waals surface area (Å²) in [5.41, 5.74) is 1.72. The van der Waals surface area contributed by atoms with Crippen molar-refractivity contribution in [3.8, 4) is 0 Å². The van der Waals surface area contributed by atoms with Crippen LogP contribution in [-0.2, 0) is 32.0 Å². The molecule has 0 N–H and O–H groups in total. The molecule has 0 saturated carbocycles. The van der Waals surface area contributed by atoms with E-state index in [0.717, 1.165) is 21.7 Å². The quantitative estimate of drug-likeness (QED) is 0.243. The Bertz CT molecular complexity index is 1270. The predicted molar refractivity (Wildman–Crippen MR) is 149 cm³/mol. The van der Waals surface area contributed by atoms with Crippen molar-refractivity contribution in [2.75, 3.05) is 6.61 Å². The van der Waals surface area contributed by atoms with E-state index in [-0.39, 0.29) is 0 Å². The summed E-state index contributed by atoms with van der Waals surface area (Å²) in [6.07, 6.45) is 2.68. The van der Waals surface area contributed by atoms with Crippen LogP contribution < -0.4 is 10.6 Å². The van der Waals surface area contributed by atoms with Gasteiger partial charge in [-0.3, -0.25) is 0 Å². The van der Waals surface area contributed by atoms with Crippen LogP contribution in [0.1, 0.15) is 11.1 Å². The van der Waals surface area contributed by atoms with Crippen molar-refractivity contribution in [3.05, 3.63) is 145 Å². The molecule has 0 saturated heterocycles. The molecular formula is C32H31O4P. The van der Waals surface area contributed by atoms with Crippen molar-refractivity contribution in [3.63, 3.8) is 0 Å². The Morgan fingerprint density at radius 1 is 0.649 bits per heavy atom. The summed E-state index contributed by atoms with van der Waals surface area (Å²) in [7, 11) is -3.15. The summed E-state index contributed by atoms with van der Waals surface area (Å²) in [6, 6.07) is 39.5. The highest BCUT2D eigenvalue weighted by molar-refractivity contribution is 7.79. The Balaban J connectivity index is 1.47. The average molecular weight is 511 g/mol. The molecular weight excluding hydrogens is 479 g/mol. The third-order valence-corrected chi connectivity index (χ3v) is 10.0. The molecule has 0 aromatic heterocycles. The molecule has 0 radical (unpaired) electrons. The second-order valence-electron chi connectivity index (χ2n) is 9.08. The van der Waals surface area contributed by atoms with Crippen LogP contribution in [0.5, 0.6) is 0 Å². The van der Waals surface area contributed by atoms with Crippen molar-refractivity contribution < 1.29 is 18.8 Å². The van der Waals surface area contributed by atoms with Crippen LogP contribution >= 0.6 is 7.14 Å². The van der Waals surface area contributed by atoms with Crippen LogP contribution in [0.2, 0.25) is 0 Å². The fourth-order valence-electron chi connectivity index (χ4n) is 4.73. The molecule has 4 aromatic carbocycles. The van der Waals surface area contributed by atoms with Crippen LogP contribution in [0, 0.1) is 0 Å². The van der Waals surface area contributed by atoms with Crippen LogP contribution in [0.4, 0.5) is 0 Å². The van der Waals surface area contributed by atoms with Crippen molar-refractivity contribution in [2.45, 2.75) is 31.1 Å². The average Bonchev–Trinajstić information content (AvgIpc) is 2.98. The van der Waals surface area contributed by atoms with Gasteiger partial charge < -0.3 is 18.8 Å². The maximum Gasteiger partial charge on any atom is 0.152 e. The van der Waals surface area contributed by atoms with Crippen LogP contribution in [0.3, 0.4) is 0 Å². The fraction of sp³-hybridized carbons (Fsp3) is 0.188. The van der Waals surface area contributed by atoms with Crippen molar-refractivity contribution in [1.29, 1.82) is 0 Å². The van der Waals surface area contributed by atoms with Gasteiger partial charge in [0.2, 0.25) is 0 Å². The number of hydrogen-bond donors (Lipinski definition) is 0. The second kappa shape index (κ2) is 12.2. The van der Waals surface area contributed by atoms with E-state index in [0.29, 0.717) is 19.8 Å². The highest BCUT2D eigenvalue weighted by atomic mass is 31.2. The largest absolute Gasteiger partial charge is 0.493 e. The number of benzene rings is 4. The third kappa shape index (κ3) is 5.94. The first-order valence-electron chi connectivity index (χ1n) is 12.6. The lowest BCUT2D eigenvalue weighted by Crippen LogP contribution is -2.47. The summed E-state index contributed by atoms with van der Waals surface area (Å²) in [5.74, 6) is 0. The zero-order valence-corrected chi connectivity index (χ0v) is 21.5. The highest BCUT2D eigenvalue weighted by Gasteiger charge is 2.46. The van der Waals surface area contributed by atoms with Gasteiger partial charge in [0.15, 0.2) is 7.14 Å². The standard InChI is InChI=1S/C32H31O4P/c33-37(28-17-9-3-10-18-28,29-19-11-4-12-20-29)31-21-22-35-30(25-34-23-26-13-5-1-6-14-26)32(31)36-24-27-15-7-2-8-16-27/h1-22,30-32H,23-25H2/t30-,31?,32-/m1/s1. The molecule has 1 heterocycles. The summed E-state index contributed by atoms with van der Waals surface area (Å²) >= 11 is 0. The van der Waals surface area contributed by atoms with Gasteiger partial charge in [-0.2, -0.15) is 0 Å². The van der Waals surface area contributed by atoms with Crippen LogP contribution in [0.25, 0.3) is 0 Å². The summed E-state index contributed by atoms with van der Waals surface area (Å²) < 4.78 is 33.9. The van der Waals surface area contributed by atoms with Gasteiger partial charge in [0, 0.05) is 10.6 Å². The van der Waals surface area contributed by atoms with Gasteiger partial charge in [0.25, 0.3) is 0 Å². The van der Waals surface area contributed by atoms with Crippen molar-refractivity contribution in [1.82, 2.24) is 0 Å². The van der Waals surface area contributed by atoms with E-state index in [1.807, 2.05) is 127 Å². The lowest BCUT2D eigenvalue weighted by molar-refractivity contribution is -0.0899. The van der Waals surface area contributed by atoms with E-state index >= 15 is 4.57 Å². The minimum Gasteiger partial charge on any atom is -0.493 e. The van der Waals surface area contributed by atoms with E-state index in [2.05, 4.69) is 0 Å². The predicted octanol–water partition coefficient (Wildman–Crippen LogP) is 6.08. The molecule has 37 heavy (non-hydrogen) atoms. The smallest absolute Gasteiger partial charge is 0.152 e. The molecule has 4 nitrogen and oxygen atoms in total. The van der Waals surface area contributed by atoms with Crippen molar-refractivity contribution in [2.24, 2.45) is 0 Å². The van der Waals surface area contributed by atoms with Gasteiger partial charge in [0.05, 0.1) is 31.7 Å². The molecule has 188 valence electrons. The summed E-state index contributed by atoms with van der Waals surface area (Å²) in [6.45, 7) is 1.17. The molecule has 0 bridgehead atoms. The lowest BCUT2D eigenvalue weighted by Gasteiger charge is -2.39. The van der Waals surface area contributed by atoms with E-state index < -0.39 is 25.0 Å². The summed E-state index contributed by atoms with van der Waals surface area (Å²) in [4.78, 5) is 0. The summed E-state index contributed by atoms with van der Waals surface area (Å²) in [5, 5.41) is 1.60. The normalized spacial score (nSPS) is 19.3. The van der Waals surface area contributed by atoms with Gasteiger partial charge >= 0.3 is 0 Å². The number of ether oxygens (including phenoxy) is 3. The first-order valence-corrected chi connectivity index (χ1v) is 14.3. The van der Waals surface area contributed by atoms with E-state index in [4.69, 9.17) is 14.2 Å². The monoisotopic (exact) mass is 510 g/mol. The van der Waals surface area contributed by atoms with Gasteiger partial charge in [0.1, 0.15) is 12.2 Å². The number of rotatable bonds is 10. The van der Waals surface area contributed by atoms with Gasteiger partial charge in [-0.1, -0.05) is 121 Å². The molecule has 1 unspecified atom stereocenters. The van der Waals surface area contributed by atoms with E-state index in [1.54, 1.807) is 6.26 Å².